The predicted molar refractivity (Wildman–Crippen MR) is 62.0 cm³/mol. The lowest BCUT2D eigenvalue weighted by molar-refractivity contribution is 0.336. The zero-order chi connectivity index (χ0) is 12.5. The quantitative estimate of drug-likeness (QED) is 0.839. The highest BCUT2D eigenvalue weighted by molar-refractivity contribution is 5.29. The first-order valence-corrected chi connectivity index (χ1v) is 5.56. The molecule has 1 nitrogen and oxygen atoms in total. The molecular weight excluding hydrogens is 208 g/mol. The topological polar surface area (TPSA) is 26.0 Å². The molecule has 2 unspecified atom stereocenters. The fourth-order valence-corrected chi connectivity index (χ4v) is 1.66. The van der Waals surface area contributed by atoms with Gasteiger partial charge in [0.05, 0.1) is 0 Å². The van der Waals surface area contributed by atoms with Gasteiger partial charge in [0.1, 0.15) is 11.6 Å². The minimum atomic E-state index is -0.597. The lowest BCUT2D eigenvalue weighted by Crippen LogP contribution is -2.25. The summed E-state index contributed by atoms with van der Waals surface area (Å²) in [5.41, 5.74) is 6.38. The Morgan fingerprint density at radius 3 is 2.19 bits per heavy atom. The van der Waals surface area contributed by atoms with Crippen molar-refractivity contribution < 1.29 is 8.78 Å². The van der Waals surface area contributed by atoms with Gasteiger partial charge in [-0.1, -0.05) is 26.8 Å². The van der Waals surface area contributed by atoms with Crippen molar-refractivity contribution in [3.63, 3.8) is 0 Å². The monoisotopic (exact) mass is 227 g/mol. The Kier molecular flexibility index (Phi) is 4.03. The van der Waals surface area contributed by atoms with Gasteiger partial charge in [-0.2, -0.15) is 0 Å². The lowest BCUT2D eigenvalue weighted by atomic mass is 9.86. The van der Waals surface area contributed by atoms with E-state index in [-0.39, 0.29) is 17.4 Å². The first kappa shape index (κ1) is 13.1. The highest BCUT2D eigenvalue weighted by Gasteiger charge is 2.24. The third kappa shape index (κ3) is 2.40. The number of nitrogens with two attached hydrogens (primary N) is 1. The van der Waals surface area contributed by atoms with Crippen molar-refractivity contribution in [2.24, 2.45) is 17.6 Å². The Balaban J connectivity index is 3.17. The predicted octanol–water partition coefficient (Wildman–Crippen LogP) is 3.57. The smallest absolute Gasteiger partial charge is 0.133 e. The van der Waals surface area contributed by atoms with Crippen LogP contribution in [0.25, 0.3) is 0 Å². The van der Waals surface area contributed by atoms with E-state index in [2.05, 4.69) is 0 Å². The van der Waals surface area contributed by atoms with Gasteiger partial charge in [-0.15, -0.1) is 0 Å². The van der Waals surface area contributed by atoms with Crippen molar-refractivity contribution in [2.75, 3.05) is 0 Å². The molecule has 0 heterocycles. The largest absolute Gasteiger partial charge is 0.324 e. The molecule has 0 saturated carbocycles. The van der Waals surface area contributed by atoms with Crippen molar-refractivity contribution in [2.45, 2.75) is 33.7 Å². The van der Waals surface area contributed by atoms with Gasteiger partial charge in [-0.25, -0.2) is 8.78 Å². The summed E-state index contributed by atoms with van der Waals surface area (Å²) < 4.78 is 27.4. The van der Waals surface area contributed by atoms with E-state index in [1.165, 1.54) is 12.1 Å². The second kappa shape index (κ2) is 4.91. The Hall–Kier alpha value is -0.960. The first-order chi connectivity index (χ1) is 7.36. The van der Waals surface area contributed by atoms with Crippen LogP contribution in [0.1, 0.15) is 37.9 Å². The number of rotatable bonds is 3. The fraction of sp³-hybridized carbons (Fsp3) is 0.538. The highest BCUT2D eigenvalue weighted by Crippen LogP contribution is 2.30. The summed E-state index contributed by atoms with van der Waals surface area (Å²) in [5.74, 6) is -0.747. The molecule has 0 aromatic heterocycles. The second-order valence-corrected chi connectivity index (χ2v) is 4.72. The van der Waals surface area contributed by atoms with Crippen LogP contribution < -0.4 is 5.73 Å². The number of hydrogen-bond donors (Lipinski definition) is 1. The SMILES string of the molecule is Cc1ccc(F)c(C(N)C(C)C(C)C)c1F. The normalized spacial score (nSPS) is 15.2. The summed E-state index contributed by atoms with van der Waals surface area (Å²) in [6.45, 7) is 7.52. The molecule has 16 heavy (non-hydrogen) atoms. The van der Waals surface area contributed by atoms with Crippen molar-refractivity contribution in [3.05, 3.63) is 34.9 Å². The Morgan fingerprint density at radius 1 is 1.12 bits per heavy atom. The van der Waals surface area contributed by atoms with Crippen LogP contribution in [0.3, 0.4) is 0 Å². The van der Waals surface area contributed by atoms with Crippen LogP contribution in [0.2, 0.25) is 0 Å². The van der Waals surface area contributed by atoms with Gasteiger partial charge in [-0.3, -0.25) is 0 Å². The molecule has 3 heteroatoms. The molecule has 90 valence electrons. The minimum absolute atomic E-state index is 0.0150. The van der Waals surface area contributed by atoms with Crippen LogP contribution in [0, 0.1) is 30.4 Å². The molecule has 0 aliphatic heterocycles. The second-order valence-electron chi connectivity index (χ2n) is 4.72. The van der Waals surface area contributed by atoms with E-state index in [9.17, 15) is 8.78 Å². The molecule has 1 rings (SSSR count). The Morgan fingerprint density at radius 2 is 1.69 bits per heavy atom. The summed E-state index contributed by atoms with van der Waals surface area (Å²) in [6.07, 6.45) is 0. The molecule has 2 atom stereocenters. The van der Waals surface area contributed by atoms with Gasteiger partial charge >= 0.3 is 0 Å². The van der Waals surface area contributed by atoms with Crippen LogP contribution in [0.5, 0.6) is 0 Å². The van der Waals surface area contributed by atoms with Crippen LogP contribution in [0.4, 0.5) is 8.78 Å². The van der Waals surface area contributed by atoms with Gasteiger partial charge in [-0.05, 0) is 30.4 Å². The minimum Gasteiger partial charge on any atom is -0.324 e. The van der Waals surface area contributed by atoms with Crippen molar-refractivity contribution in [1.29, 1.82) is 0 Å². The van der Waals surface area contributed by atoms with E-state index in [0.29, 0.717) is 5.56 Å². The summed E-state index contributed by atoms with van der Waals surface area (Å²) in [7, 11) is 0. The summed E-state index contributed by atoms with van der Waals surface area (Å²) in [5, 5.41) is 0. The molecular formula is C13H19F2N. The van der Waals surface area contributed by atoms with Crippen molar-refractivity contribution >= 4 is 0 Å². The van der Waals surface area contributed by atoms with Gasteiger partial charge in [0, 0.05) is 11.6 Å². The van der Waals surface area contributed by atoms with E-state index in [1.54, 1.807) is 6.92 Å². The molecule has 1 aromatic rings. The maximum Gasteiger partial charge on any atom is 0.133 e. The zero-order valence-corrected chi connectivity index (χ0v) is 10.2. The van der Waals surface area contributed by atoms with Crippen LogP contribution in [0.15, 0.2) is 12.1 Å². The molecule has 0 saturated heterocycles. The number of halogens is 2. The molecule has 0 spiro atoms. The van der Waals surface area contributed by atoms with Gasteiger partial charge < -0.3 is 5.73 Å². The van der Waals surface area contributed by atoms with Crippen LogP contribution in [-0.2, 0) is 0 Å². The number of aryl methyl sites for hydroxylation is 1. The summed E-state index contributed by atoms with van der Waals surface area (Å²) in [4.78, 5) is 0. The Bertz CT molecular complexity index is 374. The first-order valence-electron chi connectivity index (χ1n) is 5.56. The van der Waals surface area contributed by atoms with E-state index in [4.69, 9.17) is 5.73 Å². The number of hydrogen-bond acceptors (Lipinski definition) is 1. The molecule has 1 aromatic carbocycles. The van der Waals surface area contributed by atoms with Gasteiger partial charge in [0.15, 0.2) is 0 Å². The molecule has 0 bridgehead atoms. The standard InChI is InChI=1S/C13H19F2N/c1-7(2)9(4)13(16)11-10(14)6-5-8(3)12(11)15/h5-7,9,13H,16H2,1-4H3. The van der Waals surface area contributed by atoms with E-state index in [0.717, 1.165) is 0 Å². The summed E-state index contributed by atoms with van der Waals surface area (Å²) in [6, 6.07) is 2.11. The third-order valence-corrected chi connectivity index (χ3v) is 3.27. The van der Waals surface area contributed by atoms with Gasteiger partial charge in [0.2, 0.25) is 0 Å². The molecule has 0 fully saturated rings. The zero-order valence-electron chi connectivity index (χ0n) is 10.2. The maximum atomic E-state index is 13.8. The van der Waals surface area contributed by atoms with E-state index < -0.39 is 17.7 Å². The maximum absolute atomic E-state index is 13.8. The lowest BCUT2D eigenvalue weighted by Gasteiger charge is -2.24. The van der Waals surface area contributed by atoms with Crippen molar-refractivity contribution in [1.82, 2.24) is 0 Å². The third-order valence-electron chi connectivity index (χ3n) is 3.27. The highest BCUT2D eigenvalue weighted by atomic mass is 19.1. The molecule has 0 aliphatic rings. The molecule has 0 amide bonds. The van der Waals surface area contributed by atoms with Gasteiger partial charge in [0.25, 0.3) is 0 Å². The van der Waals surface area contributed by atoms with Crippen LogP contribution >= 0.6 is 0 Å². The molecule has 0 radical (unpaired) electrons. The van der Waals surface area contributed by atoms with Crippen LogP contribution in [-0.4, -0.2) is 0 Å². The van der Waals surface area contributed by atoms with E-state index in [1.807, 2.05) is 20.8 Å². The van der Waals surface area contributed by atoms with E-state index >= 15 is 0 Å². The number of benzene rings is 1. The van der Waals surface area contributed by atoms with Crippen molar-refractivity contribution in [3.8, 4) is 0 Å². The Labute approximate surface area is 95.7 Å². The summed E-state index contributed by atoms with van der Waals surface area (Å²) >= 11 is 0. The fourth-order valence-electron chi connectivity index (χ4n) is 1.66. The molecule has 2 N–H and O–H groups in total. The average molecular weight is 227 g/mol. The molecule has 0 aliphatic carbocycles. The average Bonchev–Trinajstić information content (AvgIpc) is 2.22.